The van der Waals surface area contributed by atoms with E-state index in [2.05, 4.69) is 4.72 Å². The lowest BCUT2D eigenvalue weighted by atomic mass is 10.1. The summed E-state index contributed by atoms with van der Waals surface area (Å²) in [6, 6.07) is 16.9. The van der Waals surface area contributed by atoms with E-state index in [4.69, 9.17) is 21.1 Å². The molecule has 4 rings (SSSR count). The molecule has 0 aliphatic heterocycles. The Bertz CT molecular complexity index is 1530. The van der Waals surface area contributed by atoms with Crippen LogP contribution < -0.4 is 19.1 Å². The Kier molecular flexibility index (Phi) is 8.04. The molecule has 0 spiro atoms. The Morgan fingerprint density at radius 3 is 2.36 bits per heavy atom. The molecule has 3 aromatic carbocycles. The minimum absolute atomic E-state index is 0.0951. The molecule has 10 heteroatoms. The molecular formula is C26H27ClN2O5S2. The first-order valence-electron chi connectivity index (χ1n) is 11.5. The first-order chi connectivity index (χ1) is 17.2. The summed E-state index contributed by atoms with van der Waals surface area (Å²) in [6.45, 7) is 6.86. The van der Waals surface area contributed by atoms with E-state index in [1.54, 1.807) is 47.9 Å². The second kappa shape index (κ2) is 11.0. The molecule has 0 amide bonds. The quantitative estimate of drug-likeness (QED) is 0.280. The van der Waals surface area contributed by atoms with Crippen LogP contribution in [0.15, 0.2) is 70.4 Å². The van der Waals surface area contributed by atoms with E-state index < -0.39 is 16.1 Å². The number of aromatic nitrogens is 1. The summed E-state index contributed by atoms with van der Waals surface area (Å²) in [5, 5.41) is 0.622. The van der Waals surface area contributed by atoms with E-state index in [0.717, 1.165) is 22.5 Å². The van der Waals surface area contributed by atoms with E-state index in [0.29, 0.717) is 46.5 Å². The lowest BCUT2D eigenvalue weighted by molar-refractivity contribution is 0.287. The maximum atomic E-state index is 13.2. The summed E-state index contributed by atoms with van der Waals surface area (Å²) in [5.41, 5.74) is 2.35. The molecule has 0 aliphatic carbocycles. The monoisotopic (exact) mass is 546 g/mol. The number of hydrogen-bond donors (Lipinski definition) is 1. The van der Waals surface area contributed by atoms with Gasteiger partial charge in [0.15, 0.2) is 11.5 Å². The van der Waals surface area contributed by atoms with Crippen molar-refractivity contribution >= 4 is 43.2 Å². The molecule has 0 radical (unpaired) electrons. The van der Waals surface area contributed by atoms with Gasteiger partial charge in [0.2, 0.25) is 10.0 Å². The van der Waals surface area contributed by atoms with Gasteiger partial charge in [0.1, 0.15) is 0 Å². The zero-order valence-corrected chi connectivity index (χ0v) is 22.5. The molecule has 0 aliphatic rings. The largest absolute Gasteiger partial charge is 0.490 e. The van der Waals surface area contributed by atoms with Gasteiger partial charge in [0.05, 0.1) is 34.9 Å². The van der Waals surface area contributed by atoms with Crippen LogP contribution in [-0.2, 0) is 16.6 Å². The number of sulfonamides is 1. The summed E-state index contributed by atoms with van der Waals surface area (Å²) in [5.74, 6) is 1.18. The van der Waals surface area contributed by atoms with E-state index in [1.807, 2.05) is 32.0 Å². The number of hydrogen-bond acceptors (Lipinski definition) is 6. The summed E-state index contributed by atoms with van der Waals surface area (Å²) in [6.07, 6.45) is 0. The van der Waals surface area contributed by atoms with E-state index in [9.17, 15) is 13.2 Å². The maximum absolute atomic E-state index is 13.2. The van der Waals surface area contributed by atoms with Crippen molar-refractivity contribution < 1.29 is 17.9 Å². The molecule has 0 saturated carbocycles. The van der Waals surface area contributed by atoms with Gasteiger partial charge in [0, 0.05) is 11.1 Å². The Morgan fingerprint density at radius 1 is 0.972 bits per heavy atom. The van der Waals surface area contributed by atoms with Crippen molar-refractivity contribution in [1.29, 1.82) is 0 Å². The summed E-state index contributed by atoms with van der Waals surface area (Å²) < 4.78 is 42.6. The lowest BCUT2D eigenvalue weighted by Gasteiger charge is -2.18. The third-order valence-electron chi connectivity index (χ3n) is 5.60. The first-order valence-corrected chi connectivity index (χ1v) is 14.2. The van der Waals surface area contributed by atoms with Gasteiger partial charge >= 0.3 is 4.87 Å². The fourth-order valence-electron chi connectivity index (χ4n) is 3.84. The van der Waals surface area contributed by atoms with Crippen molar-refractivity contribution in [1.82, 2.24) is 9.29 Å². The van der Waals surface area contributed by atoms with Gasteiger partial charge in [-0.05, 0) is 74.4 Å². The van der Waals surface area contributed by atoms with Gasteiger partial charge in [-0.1, -0.05) is 41.1 Å². The standard InChI is InChI=1S/C26H27ClN2O5S2/c1-4-33-23-13-8-19(14-24(23)34-5-2)17(3)28-36(31,32)21-11-12-22-25(15-21)35-26(30)29(22)16-18-6-9-20(27)10-7-18/h6-15,17,28H,4-5,16H2,1-3H3/t17-/m1/s1. The summed E-state index contributed by atoms with van der Waals surface area (Å²) >= 11 is 6.97. The molecule has 1 heterocycles. The van der Waals surface area contributed by atoms with E-state index >= 15 is 0 Å². The highest BCUT2D eigenvalue weighted by Crippen LogP contribution is 2.31. The van der Waals surface area contributed by atoms with Crippen LogP contribution in [0.25, 0.3) is 10.2 Å². The van der Waals surface area contributed by atoms with E-state index in [1.165, 1.54) is 6.07 Å². The predicted molar refractivity (Wildman–Crippen MR) is 144 cm³/mol. The number of nitrogens with one attached hydrogen (secondary N) is 1. The molecule has 0 saturated heterocycles. The highest BCUT2D eigenvalue weighted by molar-refractivity contribution is 7.89. The molecular weight excluding hydrogens is 520 g/mol. The number of nitrogens with zero attached hydrogens (tertiary/aromatic N) is 1. The van der Waals surface area contributed by atoms with Crippen molar-refractivity contribution in [2.75, 3.05) is 13.2 Å². The van der Waals surface area contributed by atoms with Crippen molar-refractivity contribution in [2.45, 2.75) is 38.3 Å². The third kappa shape index (κ3) is 5.75. The average Bonchev–Trinajstić information content (AvgIpc) is 3.15. The normalized spacial score (nSPS) is 12.6. The SMILES string of the molecule is CCOc1ccc([C@@H](C)NS(=O)(=O)c2ccc3c(c2)sc(=O)n3Cc2ccc(Cl)cc2)cc1OCC. The van der Waals surface area contributed by atoms with Crippen LogP contribution in [0.2, 0.25) is 5.02 Å². The number of benzene rings is 3. The number of thiazole rings is 1. The molecule has 7 nitrogen and oxygen atoms in total. The lowest BCUT2D eigenvalue weighted by Crippen LogP contribution is -2.27. The van der Waals surface area contributed by atoms with Crippen molar-refractivity contribution in [2.24, 2.45) is 0 Å². The number of rotatable bonds is 10. The minimum atomic E-state index is -3.85. The topological polar surface area (TPSA) is 86.6 Å². The fraction of sp³-hybridized carbons (Fsp3) is 0.269. The van der Waals surface area contributed by atoms with Crippen molar-refractivity contribution in [3.05, 3.63) is 86.5 Å². The molecule has 1 atom stereocenters. The second-order valence-electron chi connectivity index (χ2n) is 8.13. The zero-order chi connectivity index (χ0) is 25.9. The van der Waals surface area contributed by atoms with Gasteiger partial charge in [0.25, 0.3) is 0 Å². The summed E-state index contributed by atoms with van der Waals surface area (Å²) in [4.78, 5) is 12.6. The van der Waals surface area contributed by atoms with Crippen molar-refractivity contribution in [3.8, 4) is 11.5 Å². The van der Waals surface area contributed by atoms with Gasteiger partial charge in [-0.2, -0.15) is 0 Å². The number of halogens is 1. The minimum Gasteiger partial charge on any atom is -0.490 e. The Balaban J connectivity index is 1.58. The van der Waals surface area contributed by atoms with Crippen LogP contribution in [0.5, 0.6) is 11.5 Å². The van der Waals surface area contributed by atoms with E-state index in [-0.39, 0.29) is 9.77 Å². The van der Waals surface area contributed by atoms with Crippen LogP contribution in [0.3, 0.4) is 0 Å². The first kappa shape index (κ1) is 26.2. The van der Waals surface area contributed by atoms with Crippen LogP contribution in [-0.4, -0.2) is 26.2 Å². The maximum Gasteiger partial charge on any atom is 0.308 e. The Morgan fingerprint density at radius 2 is 1.67 bits per heavy atom. The third-order valence-corrected chi connectivity index (χ3v) is 8.34. The molecule has 0 unspecified atom stereocenters. The van der Waals surface area contributed by atoms with Crippen LogP contribution >= 0.6 is 22.9 Å². The zero-order valence-electron chi connectivity index (χ0n) is 20.2. The molecule has 0 fully saturated rings. The fourth-order valence-corrected chi connectivity index (χ4v) is 6.23. The van der Waals surface area contributed by atoms with Crippen LogP contribution in [0.1, 0.15) is 37.9 Å². The van der Waals surface area contributed by atoms with Crippen LogP contribution in [0, 0.1) is 0 Å². The molecule has 36 heavy (non-hydrogen) atoms. The highest BCUT2D eigenvalue weighted by atomic mass is 35.5. The Hall–Kier alpha value is -2.85. The molecule has 4 aromatic rings. The summed E-state index contributed by atoms with van der Waals surface area (Å²) in [7, 11) is -3.85. The van der Waals surface area contributed by atoms with Crippen LogP contribution in [0.4, 0.5) is 0 Å². The molecule has 1 aromatic heterocycles. The van der Waals surface area contributed by atoms with Gasteiger partial charge in [-0.3, -0.25) is 9.36 Å². The van der Waals surface area contributed by atoms with Gasteiger partial charge < -0.3 is 9.47 Å². The molecule has 0 bridgehead atoms. The van der Waals surface area contributed by atoms with Crippen molar-refractivity contribution in [3.63, 3.8) is 0 Å². The smallest absolute Gasteiger partial charge is 0.308 e. The average molecular weight is 547 g/mol. The highest BCUT2D eigenvalue weighted by Gasteiger charge is 2.21. The molecule has 1 N–H and O–H groups in total. The van der Waals surface area contributed by atoms with Gasteiger partial charge in [-0.15, -0.1) is 0 Å². The Labute approximate surface area is 219 Å². The number of fused-ring (bicyclic) bond motifs is 1. The molecule has 190 valence electrons. The number of ether oxygens (including phenoxy) is 2. The van der Waals surface area contributed by atoms with Gasteiger partial charge in [-0.25, -0.2) is 13.1 Å². The predicted octanol–water partition coefficient (Wildman–Crippen LogP) is 5.60. The second-order valence-corrected chi connectivity index (χ2v) is 11.3.